The van der Waals surface area contributed by atoms with Crippen molar-refractivity contribution in [2.75, 3.05) is 0 Å². The van der Waals surface area contributed by atoms with E-state index >= 15 is 0 Å². The molecule has 0 saturated carbocycles. The molecule has 1 atom stereocenters. The Bertz CT molecular complexity index is 333. The number of hydrogen-bond donors (Lipinski definition) is 1. The lowest BCUT2D eigenvalue weighted by molar-refractivity contribution is 0.315. The van der Waals surface area contributed by atoms with Crippen LogP contribution in [0.25, 0.3) is 0 Å². The molecule has 0 aliphatic carbocycles. The van der Waals surface area contributed by atoms with Gasteiger partial charge in [0.2, 0.25) is 0 Å². The predicted octanol–water partition coefficient (Wildman–Crippen LogP) is 9.75. The van der Waals surface area contributed by atoms with E-state index in [4.69, 9.17) is 5.73 Å². The van der Waals surface area contributed by atoms with Crippen molar-refractivity contribution in [1.82, 2.24) is 0 Å². The fourth-order valence-corrected chi connectivity index (χ4v) is 5.73. The standard InChI is InChI=1S/C26H57NSi.ClH/c1-7-8-9-10-11-12-13-14-15-16-17-18-19-21-25(24-26(2,3)27)22-20-23-28(4,5)6;/h25H,7-24,27H2,1-6H3;1H. The smallest absolute Gasteiger partial charge is 0.0442 e. The molecule has 0 aromatic heterocycles. The van der Waals surface area contributed by atoms with Crippen LogP contribution in [0, 0.1) is 5.92 Å². The van der Waals surface area contributed by atoms with Crippen LogP contribution in [0.5, 0.6) is 0 Å². The Kier molecular flexibility index (Phi) is 20.9. The highest BCUT2D eigenvalue weighted by Gasteiger charge is 2.20. The maximum atomic E-state index is 6.35. The van der Waals surface area contributed by atoms with E-state index in [2.05, 4.69) is 40.4 Å². The number of halogens is 1. The van der Waals surface area contributed by atoms with Gasteiger partial charge in [-0.15, -0.1) is 12.4 Å². The van der Waals surface area contributed by atoms with Crippen LogP contribution in [-0.2, 0) is 0 Å². The van der Waals surface area contributed by atoms with Crippen molar-refractivity contribution < 1.29 is 0 Å². The van der Waals surface area contributed by atoms with E-state index in [0.29, 0.717) is 0 Å². The Morgan fingerprint density at radius 1 is 0.655 bits per heavy atom. The average Bonchev–Trinajstić information content (AvgIpc) is 2.56. The summed E-state index contributed by atoms with van der Waals surface area (Å²) in [5.74, 6) is 0.851. The van der Waals surface area contributed by atoms with Gasteiger partial charge in [-0.1, -0.05) is 135 Å². The second-order valence-electron chi connectivity index (χ2n) is 11.5. The van der Waals surface area contributed by atoms with E-state index in [1.165, 1.54) is 115 Å². The van der Waals surface area contributed by atoms with Crippen LogP contribution in [0.4, 0.5) is 0 Å². The van der Waals surface area contributed by atoms with Crippen molar-refractivity contribution in [3.05, 3.63) is 0 Å². The molecule has 0 aromatic rings. The van der Waals surface area contributed by atoms with Crippen LogP contribution >= 0.6 is 12.4 Å². The van der Waals surface area contributed by atoms with Gasteiger partial charge in [-0.05, 0) is 26.2 Å². The molecule has 178 valence electrons. The second-order valence-corrected chi connectivity index (χ2v) is 17.2. The molecular weight excluding hydrogens is 390 g/mol. The van der Waals surface area contributed by atoms with Gasteiger partial charge >= 0.3 is 0 Å². The van der Waals surface area contributed by atoms with Crippen LogP contribution in [0.2, 0.25) is 25.7 Å². The quantitative estimate of drug-likeness (QED) is 0.146. The first-order valence-corrected chi connectivity index (χ1v) is 16.6. The van der Waals surface area contributed by atoms with Gasteiger partial charge in [0.1, 0.15) is 0 Å². The first-order chi connectivity index (χ1) is 13.1. The van der Waals surface area contributed by atoms with Gasteiger partial charge in [-0.25, -0.2) is 0 Å². The van der Waals surface area contributed by atoms with Gasteiger partial charge in [-0.3, -0.25) is 0 Å². The Balaban J connectivity index is 0. The molecule has 1 unspecified atom stereocenters. The van der Waals surface area contributed by atoms with E-state index in [1.54, 1.807) is 0 Å². The molecule has 29 heavy (non-hydrogen) atoms. The molecule has 0 heterocycles. The summed E-state index contributed by atoms with van der Waals surface area (Å²) in [6, 6.07) is 1.48. The second kappa shape index (κ2) is 19.2. The lowest BCUT2D eigenvalue weighted by Crippen LogP contribution is -2.34. The topological polar surface area (TPSA) is 26.0 Å². The van der Waals surface area contributed by atoms with Crippen molar-refractivity contribution >= 4 is 20.5 Å². The van der Waals surface area contributed by atoms with Crippen molar-refractivity contribution in [2.24, 2.45) is 11.7 Å². The molecule has 0 saturated heterocycles. The third-order valence-electron chi connectivity index (χ3n) is 6.07. The molecule has 0 aliphatic heterocycles. The average molecular weight is 448 g/mol. The molecule has 0 rings (SSSR count). The van der Waals surface area contributed by atoms with Crippen LogP contribution in [-0.4, -0.2) is 13.6 Å². The zero-order chi connectivity index (χ0) is 21.3. The normalized spacial score (nSPS) is 13.3. The minimum atomic E-state index is -0.886. The Morgan fingerprint density at radius 2 is 1.03 bits per heavy atom. The van der Waals surface area contributed by atoms with Crippen molar-refractivity contribution in [3.63, 3.8) is 0 Å². The fourth-order valence-electron chi connectivity index (χ4n) is 4.46. The third kappa shape index (κ3) is 26.4. The molecule has 3 heteroatoms. The minimum absolute atomic E-state index is 0. The third-order valence-corrected chi connectivity index (χ3v) is 7.92. The van der Waals surface area contributed by atoms with E-state index in [9.17, 15) is 0 Å². The van der Waals surface area contributed by atoms with Crippen LogP contribution in [0.3, 0.4) is 0 Å². The van der Waals surface area contributed by atoms with Gasteiger partial charge in [0, 0.05) is 13.6 Å². The van der Waals surface area contributed by atoms with E-state index < -0.39 is 8.07 Å². The molecule has 0 fully saturated rings. The molecule has 0 spiro atoms. The fraction of sp³-hybridized carbons (Fsp3) is 1.00. The molecule has 2 N–H and O–H groups in total. The summed E-state index contributed by atoms with van der Waals surface area (Å²) in [7, 11) is -0.886. The molecule has 0 bridgehead atoms. The maximum Gasteiger partial charge on any atom is 0.0442 e. The van der Waals surface area contributed by atoms with Crippen LogP contribution in [0.15, 0.2) is 0 Å². The monoisotopic (exact) mass is 447 g/mol. The van der Waals surface area contributed by atoms with E-state index in [0.717, 1.165) is 5.92 Å². The summed E-state index contributed by atoms with van der Waals surface area (Å²) < 4.78 is 0. The summed E-state index contributed by atoms with van der Waals surface area (Å²) in [4.78, 5) is 0. The van der Waals surface area contributed by atoms with E-state index in [-0.39, 0.29) is 17.9 Å². The van der Waals surface area contributed by atoms with E-state index in [1.807, 2.05) is 0 Å². The number of nitrogens with two attached hydrogens (primary N) is 1. The van der Waals surface area contributed by atoms with Gasteiger partial charge in [0.15, 0.2) is 0 Å². The lowest BCUT2D eigenvalue weighted by Gasteiger charge is -2.27. The molecular formula is C26H58ClNSi. The molecule has 1 nitrogen and oxygen atoms in total. The molecule has 0 amide bonds. The van der Waals surface area contributed by atoms with Gasteiger partial charge < -0.3 is 5.73 Å². The highest BCUT2D eigenvalue weighted by molar-refractivity contribution is 6.76. The lowest BCUT2D eigenvalue weighted by atomic mass is 9.85. The summed E-state index contributed by atoms with van der Waals surface area (Å²) >= 11 is 0. The maximum absolute atomic E-state index is 6.35. The Labute approximate surface area is 193 Å². The van der Waals surface area contributed by atoms with Crippen molar-refractivity contribution in [3.8, 4) is 0 Å². The van der Waals surface area contributed by atoms with Crippen molar-refractivity contribution in [1.29, 1.82) is 0 Å². The first-order valence-electron chi connectivity index (χ1n) is 12.9. The zero-order valence-corrected chi connectivity index (χ0v) is 23.1. The number of unbranched alkanes of at least 4 members (excludes halogenated alkanes) is 12. The molecule has 0 aromatic carbocycles. The SMILES string of the molecule is CCCCCCCCCCCCCCCC(CCC[Si](C)(C)C)CC(C)(C)N.Cl. The van der Waals surface area contributed by atoms with Gasteiger partial charge in [-0.2, -0.15) is 0 Å². The minimum Gasteiger partial charge on any atom is -0.326 e. The summed E-state index contributed by atoms with van der Waals surface area (Å²) in [6.07, 6.45) is 24.3. The predicted molar refractivity (Wildman–Crippen MR) is 141 cm³/mol. The summed E-state index contributed by atoms with van der Waals surface area (Å²) in [5, 5.41) is 0. The Hall–Kier alpha value is 0.467. The Morgan fingerprint density at radius 3 is 1.41 bits per heavy atom. The largest absolute Gasteiger partial charge is 0.326 e. The summed E-state index contributed by atoms with van der Waals surface area (Å²) in [5.41, 5.74) is 6.35. The van der Waals surface area contributed by atoms with Crippen molar-refractivity contribution in [2.45, 2.75) is 161 Å². The van der Waals surface area contributed by atoms with Crippen LogP contribution < -0.4 is 5.73 Å². The van der Waals surface area contributed by atoms with Gasteiger partial charge in [0.05, 0.1) is 0 Å². The van der Waals surface area contributed by atoms with Gasteiger partial charge in [0.25, 0.3) is 0 Å². The number of rotatable bonds is 20. The van der Waals surface area contributed by atoms with Crippen LogP contribution in [0.1, 0.15) is 130 Å². The summed E-state index contributed by atoms with van der Waals surface area (Å²) in [6.45, 7) is 14.2. The molecule has 0 aliphatic rings. The number of hydrogen-bond acceptors (Lipinski definition) is 1. The zero-order valence-electron chi connectivity index (χ0n) is 21.3. The molecule has 0 radical (unpaired) electrons. The first kappa shape index (κ1) is 31.7. The highest BCUT2D eigenvalue weighted by atomic mass is 35.5. The highest BCUT2D eigenvalue weighted by Crippen LogP contribution is 2.27.